The van der Waals surface area contributed by atoms with Crippen molar-refractivity contribution >= 4 is 47.9 Å². The van der Waals surface area contributed by atoms with Gasteiger partial charge in [-0.25, -0.2) is 24.2 Å². The van der Waals surface area contributed by atoms with Crippen LogP contribution in [0.1, 0.15) is 130 Å². The molecular formula is C60H81N9O15. The van der Waals surface area contributed by atoms with Gasteiger partial charge in [-0.05, 0) is 122 Å². The molecule has 4 bridgehead atoms. The third-order valence-corrected chi connectivity index (χ3v) is 12.4. The van der Waals surface area contributed by atoms with Gasteiger partial charge in [-0.3, -0.25) is 19.2 Å². The van der Waals surface area contributed by atoms with Gasteiger partial charge in [-0.1, -0.05) is 57.2 Å². The first-order valence-electron chi connectivity index (χ1n) is 27.5. The summed E-state index contributed by atoms with van der Waals surface area (Å²) in [5, 5.41) is 27.1. The van der Waals surface area contributed by atoms with Crippen molar-refractivity contribution in [1.82, 2.24) is 46.8 Å². The molecule has 24 nitrogen and oxygen atoms in total. The molecule has 7 N–H and O–H groups in total. The molecule has 0 saturated heterocycles. The number of ether oxygens (including phenoxy) is 6. The lowest BCUT2D eigenvalue weighted by Gasteiger charge is -2.32. The van der Waals surface area contributed by atoms with E-state index in [1.165, 1.54) is 26.1 Å². The van der Waals surface area contributed by atoms with Gasteiger partial charge in [0.25, 0.3) is 5.91 Å². The quantitative estimate of drug-likeness (QED) is 0.0335. The molecule has 2 heterocycles. The highest BCUT2D eigenvalue weighted by Gasteiger charge is 2.37. The van der Waals surface area contributed by atoms with Crippen molar-refractivity contribution in [3.05, 3.63) is 89.1 Å². The van der Waals surface area contributed by atoms with E-state index < -0.39 is 100 Å². The lowest BCUT2D eigenvalue weighted by Crippen LogP contribution is -2.55. The summed E-state index contributed by atoms with van der Waals surface area (Å²) in [6.07, 6.45) is -1.47. The smallest absolute Gasteiger partial charge is 0.407 e. The Hall–Kier alpha value is -8.70. The molecule has 5 rings (SSSR count). The maximum absolute atomic E-state index is 15.2. The zero-order valence-corrected chi connectivity index (χ0v) is 50.6. The Balaban J connectivity index is 1.63. The first kappa shape index (κ1) is 66.1. The summed E-state index contributed by atoms with van der Waals surface area (Å²) in [7, 11) is 2.46. The number of hydrogen-bond acceptors (Lipinski definition) is 17. The third-order valence-electron chi connectivity index (χ3n) is 12.4. The first-order chi connectivity index (χ1) is 39.1. The summed E-state index contributed by atoms with van der Waals surface area (Å²) in [4.78, 5) is 119. The largest absolute Gasteiger partial charge is 0.493 e. The number of amides is 7. The normalized spacial score (nSPS) is 16.0. The summed E-state index contributed by atoms with van der Waals surface area (Å²) < 4.78 is 33.9. The van der Waals surface area contributed by atoms with Crippen molar-refractivity contribution in [2.24, 2.45) is 0 Å². The zero-order chi connectivity index (χ0) is 62.5. The van der Waals surface area contributed by atoms with Crippen molar-refractivity contribution in [3.63, 3.8) is 0 Å². The van der Waals surface area contributed by atoms with Crippen LogP contribution in [0.25, 0.3) is 22.5 Å². The summed E-state index contributed by atoms with van der Waals surface area (Å²) in [6.45, 7) is 22.4. The van der Waals surface area contributed by atoms with Gasteiger partial charge in [0.15, 0.2) is 5.82 Å². The number of hydrogen-bond donors (Lipinski definition) is 7. The van der Waals surface area contributed by atoms with E-state index in [1.807, 2.05) is 12.1 Å². The molecule has 0 unspecified atom stereocenters. The van der Waals surface area contributed by atoms with Crippen LogP contribution in [0.15, 0.2) is 66.9 Å². The van der Waals surface area contributed by atoms with Gasteiger partial charge in [0.05, 0.1) is 20.2 Å². The maximum Gasteiger partial charge on any atom is 0.407 e. The van der Waals surface area contributed by atoms with Crippen molar-refractivity contribution in [1.29, 1.82) is 0 Å². The molecule has 4 aromatic rings. The Morgan fingerprint density at radius 1 is 0.702 bits per heavy atom. The average molecular weight is 1170 g/mol. The summed E-state index contributed by atoms with van der Waals surface area (Å²) in [5.41, 5.74) is -0.118. The number of methoxy groups -OCH3 is 1. The standard InChI is InChI=1S/C60H81N9O15/c1-34-48(70)67-43(53(75)79-15)31-35-16-22-44(80-28-26-62-55(77)83-59(8,9)10)39(30-35)40-32-37(19-23-45(40)81-29-27-63-56(78)84-60(11,12)13)46(51(73)65-34)69(14)52(74)42(24-25-61-54(76)82-58(5,6)7)66-49(71)41-33-64-47(68-50(41)72)36-17-20-38(21-18-36)57(2,3)4/h16-23,30,32-34,42-43,46H,24-29,31H2,1-15H3,(H,61,76)(H,62,77)(H,63,78)(H,65,73)(H,66,71)(H,67,70)(H,64,68,72)/t34-,42-,43-,46-/m0/s1. The number of likely N-dealkylation sites (N-methyl/N-ethyl adjacent to an activating group) is 1. The molecule has 24 heteroatoms. The van der Waals surface area contributed by atoms with Crippen molar-refractivity contribution < 1.29 is 71.9 Å². The Morgan fingerprint density at radius 3 is 1.74 bits per heavy atom. The van der Waals surface area contributed by atoms with Crippen LogP contribution in [0.4, 0.5) is 14.4 Å². The minimum absolute atomic E-state index is 0.00516. The number of aromatic hydroxyl groups is 1. The molecule has 0 aliphatic carbocycles. The lowest BCUT2D eigenvalue weighted by molar-refractivity contribution is -0.145. The summed E-state index contributed by atoms with van der Waals surface area (Å²) in [5.74, 6) is -4.49. The molecule has 0 spiro atoms. The second-order valence-electron chi connectivity index (χ2n) is 24.0. The van der Waals surface area contributed by atoms with Crippen molar-refractivity contribution in [2.75, 3.05) is 47.0 Å². The van der Waals surface area contributed by atoms with Gasteiger partial charge in [0.2, 0.25) is 23.6 Å². The molecule has 456 valence electrons. The maximum atomic E-state index is 15.2. The summed E-state index contributed by atoms with van der Waals surface area (Å²) in [6, 6.07) is 11.2. The van der Waals surface area contributed by atoms with E-state index >= 15 is 9.59 Å². The van der Waals surface area contributed by atoms with Gasteiger partial charge in [0, 0.05) is 42.9 Å². The van der Waals surface area contributed by atoms with E-state index in [1.54, 1.807) is 98.7 Å². The third kappa shape index (κ3) is 19.7. The Labute approximate surface area is 490 Å². The molecular weight excluding hydrogens is 1090 g/mol. The number of carbonyl (C=O) groups excluding carboxylic acids is 8. The second kappa shape index (κ2) is 28.0. The molecule has 84 heavy (non-hydrogen) atoms. The topological polar surface area (TPSA) is 313 Å². The second-order valence-corrected chi connectivity index (χ2v) is 24.0. The van der Waals surface area contributed by atoms with E-state index in [9.17, 15) is 33.9 Å². The predicted octanol–water partition coefficient (Wildman–Crippen LogP) is 6.55. The van der Waals surface area contributed by atoms with Gasteiger partial charge < -0.3 is 70.3 Å². The van der Waals surface area contributed by atoms with Gasteiger partial charge >= 0.3 is 24.2 Å². The number of esters is 1. The molecule has 1 aliphatic rings. The number of fused-ring (bicyclic) bond motifs is 5. The van der Waals surface area contributed by atoms with E-state index in [0.717, 1.165) is 23.8 Å². The fourth-order valence-electron chi connectivity index (χ4n) is 8.42. The number of nitrogens with one attached hydrogen (secondary N) is 6. The number of aromatic nitrogens is 2. The highest BCUT2D eigenvalue weighted by Crippen LogP contribution is 2.40. The van der Waals surface area contributed by atoms with Crippen LogP contribution in [0.2, 0.25) is 0 Å². The average Bonchev–Trinajstić information content (AvgIpc) is 2.62. The number of nitrogens with zero attached hydrogens (tertiary/aromatic N) is 3. The molecule has 1 aromatic heterocycles. The monoisotopic (exact) mass is 1170 g/mol. The Kier molecular flexibility index (Phi) is 22.1. The molecule has 0 saturated carbocycles. The minimum atomic E-state index is -1.63. The van der Waals surface area contributed by atoms with Crippen molar-refractivity contribution in [3.8, 4) is 39.9 Å². The number of carbonyl (C=O) groups is 8. The molecule has 7 amide bonds. The molecule has 3 aromatic carbocycles. The Bertz CT molecular complexity index is 3030. The van der Waals surface area contributed by atoms with Crippen LogP contribution in [0.5, 0.6) is 17.4 Å². The number of alkyl carbamates (subject to hydrolysis) is 3. The van der Waals surface area contributed by atoms with Gasteiger partial charge in [0.1, 0.15) is 71.2 Å². The lowest BCUT2D eigenvalue weighted by atomic mass is 9.87. The van der Waals surface area contributed by atoms with Crippen LogP contribution in [0, 0.1) is 0 Å². The minimum Gasteiger partial charge on any atom is -0.493 e. The predicted molar refractivity (Wildman–Crippen MR) is 310 cm³/mol. The zero-order valence-electron chi connectivity index (χ0n) is 50.6. The molecule has 1 aliphatic heterocycles. The number of rotatable bonds is 17. The highest BCUT2D eigenvalue weighted by molar-refractivity contribution is 6.00. The first-order valence-corrected chi connectivity index (χ1v) is 27.5. The van der Waals surface area contributed by atoms with Gasteiger partial charge in [-0.15, -0.1) is 0 Å². The van der Waals surface area contributed by atoms with Crippen LogP contribution in [0.3, 0.4) is 0 Å². The van der Waals surface area contributed by atoms with Crippen LogP contribution in [-0.4, -0.2) is 150 Å². The molecule has 0 fully saturated rings. The Morgan fingerprint density at radius 2 is 1.23 bits per heavy atom. The van der Waals surface area contributed by atoms with Crippen LogP contribution < -0.4 is 41.4 Å². The SMILES string of the molecule is COC(=O)[C@@H]1Cc2ccc(OCCNC(=O)OC(C)(C)C)c(c2)-c2cc(ccc2OCCNC(=O)OC(C)(C)C)[C@H](N(C)C(=O)[C@H](CCNC(=O)OC(C)(C)C)NC(=O)c2cnc(-c3ccc(C(C)(C)C)cc3)nc2O)C(=O)N[C@@H](C)C(=O)N1. The van der Waals surface area contributed by atoms with E-state index in [4.69, 9.17) is 28.4 Å². The van der Waals surface area contributed by atoms with E-state index in [-0.39, 0.29) is 79.6 Å². The summed E-state index contributed by atoms with van der Waals surface area (Å²) >= 11 is 0. The highest BCUT2D eigenvalue weighted by atomic mass is 16.6. The fraction of sp³-hybridized carbons (Fsp3) is 0.500. The molecule has 4 atom stereocenters. The van der Waals surface area contributed by atoms with Crippen LogP contribution >= 0.6 is 0 Å². The van der Waals surface area contributed by atoms with Crippen molar-refractivity contribution in [2.45, 2.75) is 149 Å². The fourth-order valence-corrected chi connectivity index (χ4v) is 8.42. The van der Waals surface area contributed by atoms with Crippen LogP contribution in [-0.2, 0) is 50.0 Å². The van der Waals surface area contributed by atoms with Gasteiger partial charge in [-0.2, -0.15) is 4.98 Å². The molecule has 0 radical (unpaired) electrons. The number of benzene rings is 3. The van der Waals surface area contributed by atoms with E-state index in [2.05, 4.69) is 62.6 Å². The van der Waals surface area contributed by atoms with E-state index in [0.29, 0.717) is 16.7 Å².